The van der Waals surface area contributed by atoms with Gasteiger partial charge in [-0.05, 0) is 30.3 Å². The molecule has 84 valence electrons. The van der Waals surface area contributed by atoms with Crippen molar-refractivity contribution in [1.82, 2.24) is 9.97 Å². The molecule has 0 saturated heterocycles. The van der Waals surface area contributed by atoms with Crippen LogP contribution in [-0.2, 0) is 0 Å². The van der Waals surface area contributed by atoms with Crippen LogP contribution in [0, 0.1) is 0 Å². The molecule has 0 unspecified atom stereocenters. The Morgan fingerprint density at radius 2 is 2.18 bits per heavy atom. The molecule has 3 nitrogen and oxygen atoms in total. The fourth-order valence-corrected chi connectivity index (χ4v) is 2.73. The van der Waals surface area contributed by atoms with Crippen molar-refractivity contribution in [3.63, 3.8) is 0 Å². The summed E-state index contributed by atoms with van der Waals surface area (Å²) < 4.78 is 2.21. The van der Waals surface area contributed by atoms with Crippen LogP contribution in [0.5, 0.6) is 0 Å². The van der Waals surface area contributed by atoms with Gasteiger partial charge in [0.2, 0.25) is 0 Å². The molecule has 0 aliphatic heterocycles. The summed E-state index contributed by atoms with van der Waals surface area (Å²) in [6.45, 7) is 0. The topological polar surface area (TPSA) is 37.8 Å². The molecule has 0 radical (unpaired) electrons. The lowest BCUT2D eigenvalue weighted by Crippen LogP contribution is -1.88. The molecule has 1 N–H and O–H groups in total. The van der Waals surface area contributed by atoms with Crippen LogP contribution in [0.25, 0.3) is 10.2 Å². The Kier molecular flexibility index (Phi) is 2.78. The van der Waals surface area contributed by atoms with Crippen molar-refractivity contribution in [3.05, 3.63) is 47.2 Å². The van der Waals surface area contributed by atoms with Gasteiger partial charge >= 0.3 is 0 Å². The third kappa shape index (κ3) is 2.30. The molecular formula is C12H8BrN3S. The molecule has 1 aromatic carbocycles. The number of pyridine rings is 1. The number of anilines is 2. The van der Waals surface area contributed by atoms with Crippen molar-refractivity contribution in [1.29, 1.82) is 0 Å². The first-order valence-electron chi connectivity index (χ1n) is 5.04. The van der Waals surface area contributed by atoms with Gasteiger partial charge in [0.1, 0.15) is 0 Å². The van der Waals surface area contributed by atoms with E-state index in [4.69, 9.17) is 0 Å². The molecular weight excluding hydrogens is 298 g/mol. The molecule has 0 atom stereocenters. The zero-order valence-electron chi connectivity index (χ0n) is 8.72. The maximum Gasteiger partial charge on any atom is 0.188 e. The number of halogens is 1. The molecule has 3 aromatic rings. The Labute approximate surface area is 111 Å². The summed E-state index contributed by atoms with van der Waals surface area (Å²) in [6, 6.07) is 9.96. The molecule has 2 heterocycles. The number of fused-ring (bicyclic) bond motifs is 1. The fraction of sp³-hybridized carbons (Fsp3) is 0. The van der Waals surface area contributed by atoms with Gasteiger partial charge in [0.25, 0.3) is 0 Å². The van der Waals surface area contributed by atoms with Gasteiger partial charge in [-0.3, -0.25) is 4.98 Å². The Bertz CT molecular complexity index is 651. The molecule has 0 aliphatic carbocycles. The Hall–Kier alpha value is -1.46. The molecule has 0 saturated carbocycles. The van der Waals surface area contributed by atoms with E-state index in [0.29, 0.717) is 0 Å². The molecule has 5 heteroatoms. The van der Waals surface area contributed by atoms with Gasteiger partial charge in [-0.25, -0.2) is 4.98 Å². The van der Waals surface area contributed by atoms with Crippen molar-refractivity contribution in [2.75, 3.05) is 5.32 Å². The summed E-state index contributed by atoms with van der Waals surface area (Å²) in [5.74, 6) is 0. The zero-order valence-corrected chi connectivity index (χ0v) is 11.1. The average Bonchev–Trinajstić information content (AvgIpc) is 2.71. The Morgan fingerprint density at radius 3 is 3.00 bits per heavy atom. The van der Waals surface area contributed by atoms with Gasteiger partial charge in [0.05, 0.1) is 22.1 Å². The molecule has 17 heavy (non-hydrogen) atoms. The van der Waals surface area contributed by atoms with Crippen LogP contribution in [0.15, 0.2) is 47.2 Å². The highest BCUT2D eigenvalue weighted by atomic mass is 79.9. The lowest BCUT2D eigenvalue weighted by molar-refractivity contribution is 1.32. The first-order valence-corrected chi connectivity index (χ1v) is 6.65. The SMILES string of the molecule is Brc1ccc2sc(Nc3cccnc3)nc2c1. The number of aromatic nitrogens is 2. The van der Waals surface area contributed by atoms with Crippen LogP contribution >= 0.6 is 27.3 Å². The van der Waals surface area contributed by atoms with E-state index in [1.54, 1.807) is 23.7 Å². The zero-order chi connectivity index (χ0) is 11.7. The monoisotopic (exact) mass is 305 g/mol. The van der Waals surface area contributed by atoms with E-state index in [-0.39, 0.29) is 0 Å². The minimum absolute atomic E-state index is 0.881. The van der Waals surface area contributed by atoms with Gasteiger partial charge < -0.3 is 5.32 Å². The van der Waals surface area contributed by atoms with E-state index in [0.717, 1.165) is 20.8 Å². The number of rotatable bonds is 2. The highest BCUT2D eigenvalue weighted by Crippen LogP contribution is 2.29. The molecule has 0 aliphatic rings. The van der Waals surface area contributed by atoms with E-state index >= 15 is 0 Å². The van der Waals surface area contributed by atoms with Crippen LogP contribution in [0.4, 0.5) is 10.8 Å². The average molecular weight is 306 g/mol. The smallest absolute Gasteiger partial charge is 0.188 e. The molecule has 0 amide bonds. The normalized spacial score (nSPS) is 10.6. The van der Waals surface area contributed by atoms with Crippen molar-refractivity contribution in [3.8, 4) is 0 Å². The quantitative estimate of drug-likeness (QED) is 0.771. The van der Waals surface area contributed by atoms with Gasteiger partial charge in [-0.15, -0.1) is 0 Å². The van der Waals surface area contributed by atoms with E-state index in [9.17, 15) is 0 Å². The molecule has 3 rings (SSSR count). The van der Waals surface area contributed by atoms with Crippen LogP contribution in [0.2, 0.25) is 0 Å². The van der Waals surface area contributed by atoms with E-state index < -0.39 is 0 Å². The number of thiazole rings is 1. The highest BCUT2D eigenvalue weighted by Gasteiger charge is 2.04. The van der Waals surface area contributed by atoms with Crippen LogP contribution < -0.4 is 5.32 Å². The number of benzene rings is 1. The highest BCUT2D eigenvalue weighted by molar-refractivity contribution is 9.10. The van der Waals surface area contributed by atoms with E-state index in [1.807, 2.05) is 24.3 Å². The van der Waals surface area contributed by atoms with E-state index in [1.165, 1.54) is 4.70 Å². The number of hydrogen-bond acceptors (Lipinski definition) is 4. The van der Waals surface area contributed by atoms with Crippen molar-refractivity contribution in [2.45, 2.75) is 0 Å². The lowest BCUT2D eigenvalue weighted by atomic mass is 10.3. The third-order valence-electron chi connectivity index (χ3n) is 2.26. The first-order chi connectivity index (χ1) is 8.31. The van der Waals surface area contributed by atoms with E-state index in [2.05, 4.69) is 37.3 Å². The standard InChI is InChI=1S/C12H8BrN3S/c13-8-3-4-11-10(6-8)16-12(17-11)15-9-2-1-5-14-7-9/h1-7H,(H,15,16). The predicted molar refractivity (Wildman–Crippen MR) is 74.8 cm³/mol. The number of hydrogen-bond donors (Lipinski definition) is 1. The second-order valence-electron chi connectivity index (χ2n) is 3.50. The predicted octanol–water partition coefficient (Wildman–Crippen LogP) is 4.20. The lowest BCUT2D eigenvalue weighted by Gasteiger charge is -1.99. The summed E-state index contributed by atoms with van der Waals surface area (Å²) in [7, 11) is 0. The first kappa shape index (κ1) is 10.7. The summed E-state index contributed by atoms with van der Waals surface area (Å²) in [4.78, 5) is 8.57. The summed E-state index contributed by atoms with van der Waals surface area (Å²) >= 11 is 5.07. The third-order valence-corrected chi connectivity index (χ3v) is 3.71. The Morgan fingerprint density at radius 1 is 1.24 bits per heavy atom. The van der Waals surface area contributed by atoms with Crippen LogP contribution in [0.1, 0.15) is 0 Å². The van der Waals surface area contributed by atoms with Crippen molar-refractivity contribution in [2.24, 2.45) is 0 Å². The summed E-state index contributed by atoms with van der Waals surface area (Å²) in [5.41, 5.74) is 1.95. The largest absolute Gasteiger partial charge is 0.330 e. The molecule has 0 fully saturated rings. The Balaban J connectivity index is 1.96. The minimum atomic E-state index is 0.881. The number of nitrogens with one attached hydrogen (secondary N) is 1. The summed E-state index contributed by atoms with van der Waals surface area (Å²) in [6.07, 6.45) is 3.53. The van der Waals surface area contributed by atoms with Crippen LogP contribution in [0.3, 0.4) is 0 Å². The molecule has 2 aromatic heterocycles. The van der Waals surface area contributed by atoms with Gasteiger partial charge in [-0.1, -0.05) is 27.3 Å². The minimum Gasteiger partial charge on any atom is -0.330 e. The maximum absolute atomic E-state index is 4.52. The van der Waals surface area contributed by atoms with Crippen molar-refractivity contribution < 1.29 is 0 Å². The molecule has 0 bridgehead atoms. The second-order valence-corrected chi connectivity index (χ2v) is 5.44. The second kappa shape index (κ2) is 4.43. The summed E-state index contributed by atoms with van der Waals surface area (Å²) in [5, 5.41) is 4.12. The molecule has 0 spiro atoms. The fourth-order valence-electron chi connectivity index (χ4n) is 1.51. The van der Waals surface area contributed by atoms with Crippen molar-refractivity contribution >= 4 is 48.3 Å². The van der Waals surface area contributed by atoms with Gasteiger partial charge in [0, 0.05) is 10.7 Å². The van der Waals surface area contributed by atoms with Gasteiger partial charge in [-0.2, -0.15) is 0 Å². The maximum atomic E-state index is 4.52. The van der Waals surface area contributed by atoms with Crippen LogP contribution in [-0.4, -0.2) is 9.97 Å². The van der Waals surface area contributed by atoms with Gasteiger partial charge in [0.15, 0.2) is 5.13 Å². The number of nitrogens with zero attached hydrogens (tertiary/aromatic N) is 2.